The number of hydrogen-bond donors (Lipinski definition) is 0. The SMILES string of the molecule is O=[N+]([O-])c1cc(C[PH+](c2ccccc2)c2ccccc2)ccc1F.[I-]. The molecule has 3 rings (SSSR count). The zero-order chi connectivity index (χ0) is 16.9. The van der Waals surface area contributed by atoms with Crippen LogP contribution >= 0.6 is 7.92 Å². The van der Waals surface area contributed by atoms with Crippen molar-refractivity contribution in [2.24, 2.45) is 0 Å². The summed E-state index contributed by atoms with van der Waals surface area (Å²) >= 11 is 0. The van der Waals surface area contributed by atoms with Gasteiger partial charge in [0.15, 0.2) is 0 Å². The Kier molecular flexibility index (Phi) is 7.02. The van der Waals surface area contributed by atoms with Crippen LogP contribution in [0, 0.1) is 15.9 Å². The Bertz CT molecular complexity index is 807. The van der Waals surface area contributed by atoms with Gasteiger partial charge < -0.3 is 24.0 Å². The molecule has 0 unspecified atom stereocenters. The van der Waals surface area contributed by atoms with Crippen molar-refractivity contribution in [1.29, 1.82) is 0 Å². The molecule has 3 nitrogen and oxygen atoms in total. The van der Waals surface area contributed by atoms with E-state index in [-0.39, 0.29) is 24.0 Å². The summed E-state index contributed by atoms with van der Waals surface area (Å²) in [6.07, 6.45) is 0.666. The van der Waals surface area contributed by atoms with Gasteiger partial charge in [0.05, 0.1) is 29.6 Å². The molecule has 0 amide bonds. The highest BCUT2D eigenvalue weighted by atomic mass is 127. The molecule has 0 aromatic heterocycles. The lowest BCUT2D eigenvalue weighted by molar-refractivity contribution is -0.387. The molecule has 0 heterocycles. The molecular weight excluding hydrogens is 451 g/mol. The highest BCUT2D eigenvalue weighted by Gasteiger charge is 2.24. The van der Waals surface area contributed by atoms with Crippen molar-refractivity contribution in [2.45, 2.75) is 6.16 Å². The van der Waals surface area contributed by atoms with Crippen LogP contribution in [0.15, 0.2) is 78.9 Å². The number of nitrogens with zero attached hydrogens (tertiary/aromatic N) is 1. The Labute approximate surface area is 163 Å². The summed E-state index contributed by atoms with van der Waals surface area (Å²) in [4.78, 5) is 10.3. The summed E-state index contributed by atoms with van der Waals surface area (Å²) in [5, 5.41) is 13.4. The Balaban J connectivity index is 0.00000225. The van der Waals surface area contributed by atoms with Gasteiger partial charge in [0, 0.05) is 6.07 Å². The van der Waals surface area contributed by atoms with Crippen molar-refractivity contribution in [3.8, 4) is 0 Å². The van der Waals surface area contributed by atoms with E-state index in [1.807, 2.05) is 36.4 Å². The minimum atomic E-state index is -1.15. The molecule has 0 saturated heterocycles. The van der Waals surface area contributed by atoms with Gasteiger partial charge in [-0.2, -0.15) is 4.39 Å². The lowest BCUT2D eigenvalue weighted by Gasteiger charge is -2.11. The Morgan fingerprint density at radius 2 is 1.40 bits per heavy atom. The average molecular weight is 467 g/mol. The van der Waals surface area contributed by atoms with Gasteiger partial charge in [0.1, 0.15) is 0 Å². The first-order valence-corrected chi connectivity index (χ1v) is 9.25. The Morgan fingerprint density at radius 1 is 0.880 bits per heavy atom. The largest absolute Gasteiger partial charge is 1.00 e. The fraction of sp³-hybridized carbons (Fsp3) is 0.0526. The van der Waals surface area contributed by atoms with Gasteiger partial charge in [-0.1, -0.05) is 42.5 Å². The van der Waals surface area contributed by atoms with E-state index in [1.165, 1.54) is 22.7 Å². The van der Waals surface area contributed by atoms with Crippen molar-refractivity contribution in [3.63, 3.8) is 0 Å². The lowest BCUT2D eigenvalue weighted by atomic mass is 10.2. The number of halogens is 2. The number of nitro groups is 1. The minimum Gasteiger partial charge on any atom is -1.00 e. The molecule has 3 aromatic carbocycles. The van der Waals surface area contributed by atoms with Gasteiger partial charge in [0.25, 0.3) is 0 Å². The van der Waals surface area contributed by atoms with E-state index in [1.54, 1.807) is 6.07 Å². The molecule has 6 heteroatoms. The summed E-state index contributed by atoms with van der Waals surface area (Å²) in [7, 11) is -1.15. The quantitative estimate of drug-likeness (QED) is 0.244. The van der Waals surface area contributed by atoms with Crippen molar-refractivity contribution in [1.82, 2.24) is 0 Å². The second kappa shape index (κ2) is 9.02. The summed E-state index contributed by atoms with van der Waals surface area (Å²) < 4.78 is 13.6. The topological polar surface area (TPSA) is 43.1 Å². The molecule has 25 heavy (non-hydrogen) atoms. The van der Waals surface area contributed by atoms with Crippen LogP contribution in [-0.4, -0.2) is 4.92 Å². The highest BCUT2D eigenvalue weighted by Crippen LogP contribution is 2.38. The molecule has 0 saturated carbocycles. The standard InChI is InChI=1S/C19H15FNO2P.HI/c20-18-12-11-15(13-19(18)21(22)23)14-24(16-7-3-1-4-8-16)17-9-5-2-6-10-17;/h1-13H,14H2;1H. The maximum Gasteiger partial charge on any atom is 0.305 e. The molecule has 3 aromatic rings. The molecule has 0 bridgehead atoms. The lowest BCUT2D eigenvalue weighted by Crippen LogP contribution is -3.00. The van der Waals surface area contributed by atoms with E-state index in [4.69, 9.17) is 0 Å². The normalized spacial score (nSPS) is 10.3. The third kappa shape index (κ3) is 4.83. The van der Waals surface area contributed by atoms with Crippen molar-refractivity contribution >= 4 is 24.2 Å². The van der Waals surface area contributed by atoms with Crippen LogP contribution in [0.2, 0.25) is 0 Å². The first-order valence-electron chi connectivity index (χ1n) is 7.54. The Hall–Kier alpha value is -1.85. The fourth-order valence-electron chi connectivity index (χ4n) is 2.66. The van der Waals surface area contributed by atoms with Crippen LogP contribution < -0.4 is 34.6 Å². The predicted molar refractivity (Wildman–Crippen MR) is 97.2 cm³/mol. The number of benzene rings is 3. The molecule has 0 N–H and O–H groups in total. The second-order valence-electron chi connectivity index (χ2n) is 5.43. The number of rotatable bonds is 5. The zero-order valence-electron chi connectivity index (χ0n) is 13.2. The van der Waals surface area contributed by atoms with Gasteiger partial charge in [-0.3, -0.25) is 10.1 Å². The van der Waals surface area contributed by atoms with Gasteiger partial charge in [-0.05, 0) is 35.9 Å². The van der Waals surface area contributed by atoms with E-state index >= 15 is 0 Å². The minimum absolute atomic E-state index is 0. The van der Waals surface area contributed by atoms with Crippen molar-refractivity contribution in [3.05, 3.63) is 100 Å². The summed E-state index contributed by atoms with van der Waals surface area (Å²) in [5.74, 6) is -0.794. The molecule has 0 aliphatic carbocycles. The molecule has 0 atom stereocenters. The average Bonchev–Trinajstić information content (AvgIpc) is 2.62. The summed E-state index contributed by atoms with van der Waals surface area (Å²) in [5.41, 5.74) is 0.319. The third-order valence-electron chi connectivity index (χ3n) is 3.83. The first-order chi connectivity index (χ1) is 11.6. The molecule has 128 valence electrons. The van der Waals surface area contributed by atoms with Gasteiger partial charge in [-0.15, -0.1) is 0 Å². The van der Waals surface area contributed by atoms with Crippen LogP contribution in [0.4, 0.5) is 10.1 Å². The van der Waals surface area contributed by atoms with Gasteiger partial charge >= 0.3 is 5.69 Å². The van der Waals surface area contributed by atoms with Crippen molar-refractivity contribution < 1.29 is 33.3 Å². The molecule has 0 spiro atoms. The smallest absolute Gasteiger partial charge is 0.305 e. The van der Waals surface area contributed by atoms with Crippen LogP contribution in [0.3, 0.4) is 0 Å². The van der Waals surface area contributed by atoms with E-state index in [9.17, 15) is 14.5 Å². The Morgan fingerprint density at radius 3 is 1.88 bits per heavy atom. The van der Waals surface area contributed by atoms with Crippen LogP contribution in [0.5, 0.6) is 0 Å². The van der Waals surface area contributed by atoms with Gasteiger partial charge in [-0.25, -0.2) is 0 Å². The van der Waals surface area contributed by atoms with Crippen molar-refractivity contribution in [2.75, 3.05) is 0 Å². The third-order valence-corrected chi connectivity index (χ3v) is 6.65. The van der Waals surface area contributed by atoms with Crippen LogP contribution in [-0.2, 0) is 6.16 Å². The molecular formula is C19H16FINO2P. The first kappa shape index (κ1) is 19.5. The zero-order valence-corrected chi connectivity index (χ0v) is 16.4. The number of nitro benzene ring substituents is 1. The maximum atomic E-state index is 13.6. The van der Waals surface area contributed by atoms with Crippen LogP contribution in [0.1, 0.15) is 5.56 Å². The van der Waals surface area contributed by atoms with E-state index in [0.717, 1.165) is 5.56 Å². The summed E-state index contributed by atoms with van der Waals surface area (Å²) in [6.45, 7) is 0. The van der Waals surface area contributed by atoms with E-state index in [2.05, 4.69) is 24.3 Å². The van der Waals surface area contributed by atoms with E-state index in [0.29, 0.717) is 6.16 Å². The summed E-state index contributed by atoms with van der Waals surface area (Å²) in [6, 6.07) is 24.4. The maximum absolute atomic E-state index is 13.6. The van der Waals surface area contributed by atoms with Gasteiger partial charge in [0.2, 0.25) is 5.82 Å². The van der Waals surface area contributed by atoms with Crippen LogP contribution in [0.25, 0.3) is 0 Å². The monoisotopic (exact) mass is 467 g/mol. The second-order valence-corrected chi connectivity index (χ2v) is 7.90. The van der Waals surface area contributed by atoms with E-state index < -0.39 is 24.3 Å². The molecule has 0 aliphatic heterocycles. The fourth-order valence-corrected chi connectivity index (χ4v) is 5.22. The highest BCUT2D eigenvalue weighted by molar-refractivity contribution is 7.72. The number of hydrogen-bond acceptors (Lipinski definition) is 2. The molecule has 0 fully saturated rings. The molecule has 0 aliphatic rings. The predicted octanol–water partition coefficient (Wildman–Crippen LogP) is 1.10. The molecule has 0 radical (unpaired) electrons.